The number of hydrogen-bond donors (Lipinski definition) is 0. The molecule has 0 saturated heterocycles. The molecule has 10 aromatic rings. The number of hydrogen-bond acceptors (Lipinski definition) is 3. The zero-order chi connectivity index (χ0) is 53.1. The van der Waals surface area contributed by atoms with E-state index in [-0.39, 0.29) is 21.7 Å². The van der Waals surface area contributed by atoms with E-state index in [1.165, 1.54) is 89.1 Å². The molecular weight excluding hydrogens is 921 g/mol. The Kier molecular flexibility index (Phi) is 11.5. The summed E-state index contributed by atoms with van der Waals surface area (Å²) in [6.45, 7) is 28.3. The summed E-state index contributed by atoms with van der Waals surface area (Å²) in [4.78, 5) is 5.01. The first-order valence-corrected chi connectivity index (χ1v) is 27.5. The monoisotopic (exact) mass is 993 g/mol. The van der Waals surface area contributed by atoms with Crippen molar-refractivity contribution in [3.8, 4) is 22.3 Å². The van der Waals surface area contributed by atoms with Crippen LogP contribution < -0.4 is 9.80 Å². The van der Waals surface area contributed by atoms with Crippen LogP contribution in [0.25, 0.3) is 44.2 Å². The van der Waals surface area contributed by atoms with Crippen LogP contribution in [-0.4, -0.2) is 6.54 Å². The Labute approximate surface area is 451 Å². The third kappa shape index (κ3) is 8.08. The van der Waals surface area contributed by atoms with Crippen molar-refractivity contribution in [2.75, 3.05) is 16.3 Å². The molecule has 0 saturated carbocycles. The van der Waals surface area contributed by atoms with Crippen molar-refractivity contribution in [1.82, 2.24) is 0 Å². The molecule has 76 heavy (non-hydrogen) atoms. The maximum atomic E-state index is 7.01. The molecule has 0 aliphatic heterocycles. The standard InChI is InChI=1S/C73H72N2O/c1-69(2,3)47-25-33-51(34-26-47)74(52-35-27-48(28-36-52)70(4,5)6)44-43-60-67-59-21-15-18-24-65(59)76-66(67)46-61-58-42-41-55(45-64(58)73(68(60)61)62-22-16-13-19-56(62)57-20-14-17-23-63(57)73)75(53-37-29-49(30-38-53)71(7,8)9)54-39-31-50(32-40-54)72(10,11)12/h13-42,45-46H,43-44H2,1-12H3. The fraction of sp³-hybridized carbons (Fsp3) is 0.260. The third-order valence-corrected chi connectivity index (χ3v) is 16.7. The molecule has 0 atom stereocenters. The molecule has 2 aliphatic rings. The van der Waals surface area contributed by atoms with Gasteiger partial charge in [-0.2, -0.15) is 0 Å². The second kappa shape index (κ2) is 17.7. The van der Waals surface area contributed by atoms with Crippen molar-refractivity contribution in [1.29, 1.82) is 0 Å². The predicted octanol–water partition coefficient (Wildman–Crippen LogP) is 20.0. The minimum absolute atomic E-state index is 0.0275. The molecular formula is C73H72N2O. The Balaban J connectivity index is 1.11. The minimum atomic E-state index is -0.638. The zero-order valence-corrected chi connectivity index (χ0v) is 46.7. The van der Waals surface area contributed by atoms with Gasteiger partial charge < -0.3 is 14.2 Å². The van der Waals surface area contributed by atoms with Crippen molar-refractivity contribution >= 4 is 50.4 Å². The normalized spacial score (nSPS) is 13.7. The van der Waals surface area contributed by atoms with Gasteiger partial charge in [0.2, 0.25) is 0 Å². The Morgan fingerprint density at radius 1 is 0.368 bits per heavy atom. The number of para-hydroxylation sites is 1. The Morgan fingerprint density at radius 3 is 1.25 bits per heavy atom. The molecule has 1 aromatic heterocycles. The van der Waals surface area contributed by atoms with Crippen molar-refractivity contribution in [2.24, 2.45) is 0 Å². The quantitative estimate of drug-likeness (QED) is 0.151. The summed E-state index contributed by atoms with van der Waals surface area (Å²) in [5.74, 6) is 0. The van der Waals surface area contributed by atoms with Crippen molar-refractivity contribution in [2.45, 2.75) is 117 Å². The van der Waals surface area contributed by atoms with Gasteiger partial charge in [0.15, 0.2) is 0 Å². The SMILES string of the molecule is CC(C)(C)c1ccc(N(CCc2c3c(cc4oc5ccccc5c24)-c2ccc(N(c4ccc(C(C)(C)C)cc4)c4ccc(C(C)(C)C)cc4)cc2C32c3ccccc3-c3ccccc32)c2ccc(C(C)(C)C)cc2)cc1. The lowest BCUT2D eigenvalue weighted by Gasteiger charge is -2.34. The first-order chi connectivity index (χ1) is 36.2. The fourth-order valence-corrected chi connectivity index (χ4v) is 12.6. The first kappa shape index (κ1) is 49.3. The number of anilines is 5. The van der Waals surface area contributed by atoms with E-state index in [0.29, 0.717) is 0 Å². The van der Waals surface area contributed by atoms with Crippen LogP contribution in [0.3, 0.4) is 0 Å². The van der Waals surface area contributed by atoms with Crippen LogP contribution in [0.5, 0.6) is 0 Å². The number of fused-ring (bicyclic) bond motifs is 13. The van der Waals surface area contributed by atoms with Crippen LogP contribution in [0.15, 0.2) is 199 Å². The Bertz CT molecular complexity index is 3660. The summed E-state index contributed by atoms with van der Waals surface area (Å²) in [6, 6.07) is 73.9. The van der Waals surface area contributed by atoms with Gasteiger partial charge >= 0.3 is 0 Å². The number of benzene rings is 9. The summed E-state index contributed by atoms with van der Waals surface area (Å²) < 4.78 is 7.01. The molecule has 1 heterocycles. The van der Waals surface area contributed by atoms with Gasteiger partial charge in [0.25, 0.3) is 0 Å². The largest absolute Gasteiger partial charge is 0.456 e. The van der Waals surface area contributed by atoms with Crippen LogP contribution in [0.2, 0.25) is 0 Å². The maximum absolute atomic E-state index is 7.01. The minimum Gasteiger partial charge on any atom is -0.456 e. The zero-order valence-electron chi connectivity index (χ0n) is 46.7. The van der Waals surface area contributed by atoms with E-state index in [4.69, 9.17) is 4.42 Å². The third-order valence-electron chi connectivity index (χ3n) is 16.7. The van der Waals surface area contributed by atoms with E-state index in [1.54, 1.807) is 0 Å². The van der Waals surface area contributed by atoms with Crippen LogP contribution in [-0.2, 0) is 33.5 Å². The van der Waals surface area contributed by atoms with Gasteiger partial charge in [-0.3, -0.25) is 0 Å². The van der Waals surface area contributed by atoms with Gasteiger partial charge in [-0.15, -0.1) is 0 Å². The van der Waals surface area contributed by atoms with Gasteiger partial charge in [-0.1, -0.05) is 204 Å². The van der Waals surface area contributed by atoms with E-state index in [1.807, 2.05) is 0 Å². The molecule has 3 heteroatoms. The molecule has 3 nitrogen and oxygen atoms in total. The molecule has 0 radical (unpaired) electrons. The van der Waals surface area contributed by atoms with Crippen LogP contribution in [0, 0.1) is 0 Å². The molecule has 12 rings (SSSR count). The molecule has 9 aromatic carbocycles. The highest BCUT2D eigenvalue weighted by atomic mass is 16.3. The van der Waals surface area contributed by atoms with E-state index in [9.17, 15) is 0 Å². The number of rotatable bonds is 8. The van der Waals surface area contributed by atoms with E-state index in [2.05, 4.69) is 287 Å². The van der Waals surface area contributed by atoms with Gasteiger partial charge in [0, 0.05) is 45.8 Å². The van der Waals surface area contributed by atoms with Gasteiger partial charge in [-0.25, -0.2) is 0 Å². The fourth-order valence-electron chi connectivity index (χ4n) is 12.6. The van der Waals surface area contributed by atoms with Crippen LogP contribution >= 0.6 is 0 Å². The maximum Gasteiger partial charge on any atom is 0.136 e. The smallest absolute Gasteiger partial charge is 0.136 e. The molecule has 0 amide bonds. The Hall–Kier alpha value is -7.62. The summed E-state index contributed by atoms with van der Waals surface area (Å²) in [6.07, 6.45) is 0.768. The second-order valence-corrected chi connectivity index (χ2v) is 25.7. The molecule has 1 spiro atoms. The first-order valence-electron chi connectivity index (χ1n) is 27.5. The molecule has 0 unspecified atom stereocenters. The number of furan rings is 1. The van der Waals surface area contributed by atoms with Crippen LogP contribution in [0.4, 0.5) is 28.4 Å². The van der Waals surface area contributed by atoms with Gasteiger partial charge in [-0.05, 0) is 173 Å². The topological polar surface area (TPSA) is 19.6 Å². The Morgan fingerprint density at radius 2 is 0.776 bits per heavy atom. The molecule has 380 valence electrons. The van der Waals surface area contributed by atoms with Gasteiger partial charge in [0.05, 0.1) is 5.41 Å². The van der Waals surface area contributed by atoms with Crippen molar-refractivity contribution < 1.29 is 4.42 Å². The van der Waals surface area contributed by atoms with E-state index < -0.39 is 5.41 Å². The molecule has 0 fully saturated rings. The number of nitrogens with zero attached hydrogens (tertiary/aromatic N) is 2. The van der Waals surface area contributed by atoms with Gasteiger partial charge in [0.1, 0.15) is 11.2 Å². The summed E-state index contributed by atoms with van der Waals surface area (Å²) in [7, 11) is 0. The second-order valence-electron chi connectivity index (χ2n) is 25.7. The highest BCUT2D eigenvalue weighted by Gasteiger charge is 2.53. The molecule has 2 aliphatic carbocycles. The average Bonchev–Trinajstić information content (AvgIpc) is 4.10. The predicted molar refractivity (Wildman–Crippen MR) is 323 cm³/mol. The lowest BCUT2D eigenvalue weighted by Crippen LogP contribution is -2.29. The molecule has 0 N–H and O–H groups in total. The lowest BCUT2D eigenvalue weighted by atomic mass is 9.68. The average molecular weight is 993 g/mol. The lowest BCUT2D eigenvalue weighted by molar-refractivity contribution is 0.590. The van der Waals surface area contributed by atoms with Crippen molar-refractivity contribution in [3.05, 3.63) is 244 Å². The van der Waals surface area contributed by atoms with Crippen molar-refractivity contribution in [3.63, 3.8) is 0 Å². The van der Waals surface area contributed by atoms with Crippen LogP contribution in [0.1, 0.15) is 133 Å². The highest BCUT2D eigenvalue weighted by Crippen LogP contribution is 2.65. The molecule has 0 bridgehead atoms. The summed E-state index contributed by atoms with van der Waals surface area (Å²) in [5, 5.41) is 2.36. The van der Waals surface area contributed by atoms with E-state index in [0.717, 1.165) is 46.6 Å². The highest BCUT2D eigenvalue weighted by molar-refractivity contribution is 6.11. The van der Waals surface area contributed by atoms with E-state index >= 15 is 0 Å². The summed E-state index contributed by atoms with van der Waals surface area (Å²) >= 11 is 0. The summed E-state index contributed by atoms with van der Waals surface area (Å²) in [5.41, 5.74) is 24.1.